The molecule has 0 aliphatic heterocycles. The molecule has 0 aliphatic rings. The molecule has 6 heteroatoms. The summed E-state index contributed by atoms with van der Waals surface area (Å²) in [5, 5.41) is 13.1. The maximum atomic E-state index is 12.3. The van der Waals surface area contributed by atoms with Gasteiger partial charge in [-0.2, -0.15) is 0 Å². The molecule has 0 aliphatic carbocycles. The number of aryl methyl sites for hydroxylation is 2. The number of rotatable bonds is 4. The van der Waals surface area contributed by atoms with Crippen LogP contribution in [-0.4, -0.2) is 28.1 Å². The predicted octanol–water partition coefficient (Wildman–Crippen LogP) is 2.38. The van der Waals surface area contributed by atoms with E-state index in [0.717, 1.165) is 21.5 Å². The predicted molar refractivity (Wildman–Crippen MR) is 86.7 cm³/mol. The van der Waals surface area contributed by atoms with Crippen molar-refractivity contribution in [1.29, 1.82) is 0 Å². The van der Waals surface area contributed by atoms with E-state index in [1.807, 2.05) is 26.8 Å². The molecule has 0 spiro atoms. The zero-order chi connectivity index (χ0) is 15.7. The van der Waals surface area contributed by atoms with Crippen LogP contribution >= 0.6 is 11.3 Å². The van der Waals surface area contributed by atoms with Gasteiger partial charge >= 0.3 is 0 Å². The zero-order valence-electron chi connectivity index (χ0n) is 12.7. The highest BCUT2D eigenvalue weighted by molar-refractivity contribution is 7.21. The number of nitrogens with zero attached hydrogens (tertiary/aromatic N) is 1. The van der Waals surface area contributed by atoms with Gasteiger partial charge in [0, 0.05) is 17.1 Å². The summed E-state index contributed by atoms with van der Waals surface area (Å²) in [6, 6.07) is 1.85. The molecule has 2 atom stereocenters. The second-order valence-corrected chi connectivity index (χ2v) is 6.56. The van der Waals surface area contributed by atoms with E-state index in [2.05, 4.69) is 10.3 Å². The second kappa shape index (κ2) is 5.99. The molecule has 4 N–H and O–H groups in total. The average molecular weight is 307 g/mol. The lowest BCUT2D eigenvalue weighted by Crippen LogP contribution is -2.34. The van der Waals surface area contributed by atoms with Gasteiger partial charge in [-0.15, -0.1) is 11.3 Å². The van der Waals surface area contributed by atoms with E-state index in [-0.39, 0.29) is 11.9 Å². The summed E-state index contributed by atoms with van der Waals surface area (Å²) in [6.07, 6.45) is 0.0547. The highest BCUT2D eigenvalue weighted by atomic mass is 32.1. The van der Waals surface area contributed by atoms with Crippen LogP contribution in [0.5, 0.6) is 0 Å². The van der Waals surface area contributed by atoms with Crippen LogP contribution in [-0.2, 0) is 0 Å². The molecule has 1 amide bonds. The fourth-order valence-electron chi connectivity index (χ4n) is 2.50. The van der Waals surface area contributed by atoms with Gasteiger partial charge in [-0.1, -0.05) is 0 Å². The standard InChI is InChI=1S/C15H21N3O2S/c1-7-5-8(2)18-15-11(7)12(16)13(21-15)14(20)17-9(3)6-10(4)19/h5,9-10,19H,6,16H2,1-4H3,(H,17,20). The first-order valence-electron chi connectivity index (χ1n) is 6.94. The Morgan fingerprint density at radius 3 is 2.76 bits per heavy atom. The molecule has 21 heavy (non-hydrogen) atoms. The van der Waals surface area contributed by atoms with Gasteiger partial charge in [0.2, 0.25) is 0 Å². The third-order valence-electron chi connectivity index (χ3n) is 3.30. The Bertz CT molecular complexity index is 679. The summed E-state index contributed by atoms with van der Waals surface area (Å²) >= 11 is 1.31. The molecule has 0 radical (unpaired) electrons. The molecule has 2 aromatic rings. The molecule has 0 bridgehead atoms. The van der Waals surface area contributed by atoms with Crippen LogP contribution in [0.25, 0.3) is 10.2 Å². The van der Waals surface area contributed by atoms with Crippen LogP contribution in [0.2, 0.25) is 0 Å². The molecular formula is C15H21N3O2S. The summed E-state index contributed by atoms with van der Waals surface area (Å²) in [4.78, 5) is 18.1. The summed E-state index contributed by atoms with van der Waals surface area (Å²) < 4.78 is 0. The number of nitrogens with two attached hydrogens (primary N) is 1. The van der Waals surface area contributed by atoms with Crippen molar-refractivity contribution < 1.29 is 9.90 Å². The highest BCUT2D eigenvalue weighted by Gasteiger charge is 2.20. The summed E-state index contributed by atoms with van der Waals surface area (Å²) in [6.45, 7) is 7.46. The van der Waals surface area contributed by atoms with Crippen LogP contribution < -0.4 is 11.1 Å². The maximum Gasteiger partial charge on any atom is 0.263 e. The maximum absolute atomic E-state index is 12.3. The third kappa shape index (κ3) is 3.33. The molecule has 0 saturated heterocycles. The first-order valence-corrected chi connectivity index (χ1v) is 7.76. The molecule has 2 heterocycles. The number of pyridine rings is 1. The largest absolute Gasteiger partial charge is 0.397 e. The lowest BCUT2D eigenvalue weighted by Gasteiger charge is -2.14. The fraction of sp³-hybridized carbons (Fsp3) is 0.467. The number of nitrogens with one attached hydrogen (secondary N) is 1. The van der Waals surface area contributed by atoms with E-state index in [9.17, 15) is 9.90 Å². The van der Waals surface area contributed by atoms with Gasteiger partial charge < -0.3 is 16.2 Å². The number of carbonyl (C=O) groups excluding carboxylic acids is 1. The molecule has 0 saturated carbocycles. The van der Waals surface area contributed by atoms with Gasteiger partial charge in [0.1, 0.15) is 9.71 Å². The average Bonchev–Trinajstić information content (AvgIpc) is 2.65. The normalized spacial score (nSPS) is 14.1. The Hall–Kier alpha value is -1.66. The number of amides is 1. The Labute approximate surface area is 128 Å². The number of aliphatic hydroxyl groups excluding tert-OH is 1. The first kappa shape index (κ1) is 15.7. The van der Waals surface area contributed by atoms with Crippen molar-refractivity contribution in [2.24, 2.45) is 0 Å². The van der Waals surface area contributed by atoms with E-state index >= 15 is 0 Å². The second-order valence-electron chi connectivity index (χ2n) is 5.56. The third-order valence-corrected chi connectivity index (χ3v) is 4.40. The molecule has 2 unspecified atom stereocenters. The number of carbonyl (C=O) groups is 1. The fourth-order valence-corrected chi connectivity index (χ4v) is 3.62. The minimum Gasteiger partial charge on any atom is -0.397 e. The van der Waals surface area contributed by atoms with E-state index in [0.29, 0.717) is 17.0 Å². The molecule has 2 aromatic heterocycles. The van der Waals surface area contributed by atoms with Gasteiger partial charge in [0.25, 0.3) is 5.91 Å². The van der Waals surface area contributed by atoms with E-state index < -0.39 is 6.10 Å². The topological polar surface area (TPSA) is 88.2 Å². The number of anilines is 1. The lowest BCUT2D eigenvalue weighted by molar-refractivity contribution is 0.0928. The van der Waals surface area contributed by atoms with Crippen molar-refractivity contribution in [3.63, 3.8) is 0 Å². The molecule has 114 valence electrons. The SMILES string of the molecule is Cc1cc(C)c2c(N)c(C(=O)NC(C)CC(C)O)sc2n1. The van der Waals surface area contributed by atoms with Gasteiger partial charge in [-0.05, 0) is 45.7 Å². The monoisotopic (exact) mass is 307 g/mol. The van der Waals surface area contributed by atoms with Gasteiger partial charge in [0.15, 0.2) is 0 Å². The number of nitrogen functional groups attached to an aromatic ring is 1. The lowest BCUT2D eigenvalue weighted by atomic mass is 10.1. The Kier molecular flexibility index (Phi) is 4.49. The smallest absolute Gasteiger partial charge is 0.263 e. The van der Waals surface area contributed by atoms with Crippen LogP contribution in [0.3, 0.4) is 0 Å². The van der Waals surface area contributed by atoms with Crippen LogP contribution in [0.1, 0.15) is 41.2 Å². The first-order chi connectivity index (χ1) is 9.79. The molecule has 2 rings (SSSR count). The zero-order valence-corrected chi connectivity index (χ0v) is 13.5. The van der Waals surface area contributed by atoms with E-state index in [4.69, 9.17) is 5.73 Å². The molecule has 0 aromatic carbocycles. The molecule has 5 nitrogen and oxygen atoms in total. The number of fused-ring (bicyclic) bond motifs is 1. The summed E-state index contributed by atoms with van der Waals surface area (Å²) in [5.74, 6) is -0.208. The number of hydrogen-bond acceptors (Lipinski definition) is 5. The van der Waals surface area contributed by atoms with Crippen molar-refractivity contribution in [1.82, 2.24) is 10.3 Å². The van der Waals surface area contributed by atoms with Crippen molar-refractivity contribution in [3.05, 3.63) is 22.2 Å². The highest BCUT2D eigenvalue weighted by Crippen LogP contribution is 2.34. The number of thiophene rings is 1. The van der Waals surface area contributed by atoms with Crippen molar-refractivity contribution in [2.75, 3.05) is 5.73 Å². The van der Waals surface area contributed by atoms with E-state index in [1.165, 1.54) is 11.3 Å². The quantitative estimate of drug-likeness (QED) is 0.809. The molecular weight excluding hydrogens is 286 g/mol. The summed E-state index contributed by atoms with van der Waals surface area (Å²) in [5.41, 5.74) is 8.56. The minimum absolute atomic E-state index is 0.113. The Balaban J connectivity index is 2.32. The van der Waals surface area contributed by atoms with Crippen molar-refractivity contribution in [3.8, 4) is 0 Å². The summed E-state index contributed by atoms with van der Waals surface area (Å²) in [7, 11) is 0. The number of hydrogen-bond donors (Lipinski definition) is 3. The molecule has 0 fully saturated rings. The van der Waals surface area contributed by atoms with Gasteiger partial charge in [-0.25, -0.2) is 4.98 Å². The van der Waals surface area contributed by atoms with Crippen LogP contribution in [0.4, 0.5) is 5.69 Å². The Morgan fingerprint density at radius 2 is 2.14 bits per heavy atom. The van der Waals surface area contributed by atoms with Crippen LogP contribution in [0.15, 0.2) is 6.07 Å². The minimum atomic E-state index is -0.452. The number of aromatic nitrogens is 1. The van der Waals surface area contributed by atoms with Crippen LogP contribution in [0, 0.1) is 13.8 Å². The van der Waals surface area contributed by atoms with Crippen molar-refractivity contribution in [2.45, 2.75) is 46.3 Å². The Morgan fingerprint density at radius 1 is 1.48 bits per heavy atom. The van der Waals surface area contributed by atoms with E-state index in [1.54, 1.807) is 6.92 Å². The van der Waals surface area contributed by atoms with Crippen molar-refractivity contribution >= 4 is 33.1 Å². The van der Waals surface area contributed by atoms with Gasteiger partial charge in [0.05, 0.1) is 11.8 Å². The number of aliphatic hydroxyl groups is 1. The van der Waals surface area contributed by atoms with Gasteiger partial charge in [-0.3, -0.25) is 4.79 Å².